The minimum Gasteiger partial charge on any atom is -0.394 e. The Hall–Kier alpha value is -2.01. The van der Waals surface area contributed by atoms with E-state index in [1.165, 1.54) is 10.9 Å². The highest BCUT2D eigenvalue weighted by Gasteiger charge is 2.44. The number of hydrogen-bond donors (Lipinski definition) is 5. The fraction of sp³-hybridized carbons (Fsp3) is 0.545. The summed E-state index contributed by atoms with van der Waals surface area (Å²) in [4.78, 5) is 12.3. The number of aliphatic hydroxyl groups excluding tert-OH is 3. The summed E-state index contributed by atoms with van der Waals surface area (Å²) in [6.07, 6.45) is -2.78. The molecule has 2 aromatic heterocycles. The molecule has 0 radical (unpaired) electrons. The molecule has 3 heterocycles. The molecule has 1 aliphatic rings. The standard InChI is InChI=1S/C11H16N6O4/c1-13-8-5-9(16-11(12)15-8)17(3-14-5)10-7(20)6(19)4(2-18)21-10/h3-4,6-7,10,18-20H,2H2,1H3,(H3,12,13,15,16)/t4-,6?,7+,10-/m1/s1. The number of imidazole rings is 1. The Morgan fingerprint density at radius 1 is 1.38 bits per heavy atom. The van der Waals surface area contributed by atoms with Gasteiger partial charge in [-0.1, -0.05) is 0 Å². The van der Waals surface area contributed by atoms with E-state index in [0.717, 1.165) is 0 Å². The molecular weight excluding hydrogens is 280 g/mol. The van der Waals surface area contributed by atoms with Crippen LogP contribution in [0, 0.1) is 0 Å². The second-order valence-electron chi connectivity index (χ2n) is 4.73. The summed E-state index contributed by atoms with van der Waals surface area (Å²) in [7, 11) is 1.67. The van der Waals surface area contributed by atoms with Crippen LogP contribution in [-0.2, 0) is 4.74 Å². The monoisotopic (exact) mass is 296 g/mol. The van der Waals surface area contributed by atoms with Crippen molar-refractivity contribution in [1.29, 1.82) is 0 Å². The second kappa shape index (κ2) is 5.07. The van der Waals surface area contributed by atoms with Crippen LogP contribution in [0.3, 0.4) is 0 Å². The fourth-order valence-electron chi connectivity index (χ4n) is 2.40. The van der Waals surface area contributed by atoms with Crippen molar-refractivity contribution in [3.05, 3.63) is 6.33 Å². The van der Waals surface area contributed by atoms with Crippen LogP contribution >= 0.6 is 0 Å². The number of ether oxygens (including phenoxy) is 1. The highest BCUT2D eigenvalue weighted by molar-refractivity contribution is 5.84. The van der Waals surface area contributed by atoms with Crippen LogP contribution in [0.2, 0.25) is 0 Å². The van der Waals surface area contributed by atoms with Crippen molar-refractivity contribution in [2.45, 2.75) is 24.5 Å². The number of nitrogens with zero attached hydrogens (tertiary/aromatic N) is 4. The Bertz CT molecular complexity index is 661. The summed E-state index contributed by atoms with van der Waals surface area (Å²) >= 11 is 0. The molecule has 0 aliphatic carbocycles. The van der Waals surface area contributed by atoms with Gasteiger partial charge in [-0.2, -0.15) is 9.97 Å². The van der Waals surface area contributed by atoms with Gasteiger partial charge in [-0.25, -0.2) is 4.98 Å². The van der Waals surface area contributed by atoms with Gasteiger partial charge in [-0.3, -0.25) is 4.57 Å². The van der Waals surface area contributed by atoms with Crippen LogP contribution in [-0.4, -0.2) is 66.8 Å². The summed E-state index contributed by atoms with van der Waals surface area (Å²) in [5, 5.41) is 31.9. The molecule has 0 spiro atoms. The summed E-state index contributed by atoms with van der Waals surface area (Å²) in [6.45, 7) is -0.403. The van der Waals surface area contributed by atoms with Gasteiger partial charge < -0.3 is 31.1 Å². The number of nitrogens with two attached hydrogens (primary N) is 1. The number of aliphatic hydroxyl groups is 3. The molecule has 0 amide bonds. The lowest BCUT2D eigenvalue weighted by Crippen LogP contribution is -2.33. The van der Waals surface area contributed by atoms with E-state index in [1.54, 1.807) is 7.05 Å². The molecule has 6 N–H and O–H groups in total. The van der Waals surface area contributed by atoms with Gasteiger partial charge in [0.15, 0.2) is 23.2 Å². The van der Waals surface area contributed by atoms with Crippen LogP contribution in [0.1, 0.15) is 6.23 Å². The molecule has 0 bridgehead atoms. The zero-order valence-electron chi connectivity index (χ0n) is 11.2. The van der Waals surface area contributed by atoms with Crippen molar-refractivity contribution >= 4 is 22.9 Å². The maximum absolute atomic E-state index is 10.1. The Morgan fingerprint density at radius 2 is 2.14 bits per heavy atom. The topological polar surface area (TPSA) is 152 Å². The van der Waals surface area contributed by atoms with Gasteiger partial charge in [0.1, 0.15) is 18.3 Å². The summed E-state index contributed by atoms with van der Waals surface area (Å²) in [6, 6.07) is 0. The van der Waals surface area contributed by atoms with Gasteiger partial charge in [0.2, 0.25) is 5.95 Å². The molecule has 1 fully saturated rings. The highest BCUT2D eigenvalue weighted by Crippen LogP contribution is 2.32. The van der Waals surface area contributed by atoms with Crippen LogP contribution in [0.15, 0.2) is 6.33 Å². The zero-order chi connectivity index (χ0) is 15.1. The Morgan fingerprint density at radius 3 is 2.76 bits per heavy atom. The average molecular weight is 296 g/mol. The summed E-state index contributed by atoms with van der Waals surface area (Å²) in [5.41, 5.74) is 6.47. The van der Waals surface area contributed by atoms with Gasteiger partial charge in [0.25, 0.3) is 0 Å². The van der Waals surface area contributed by atoms with Gasteiger partial charge in [-0.05, 0) is 0 Å². The van der Waals surface area contributed by atoms with E-state index in [2.05, 4.69) is 20.3 Å². The predicted molar refractivity (Wildman–Crippen MR) is 72.3 cm³/mol. The third-order valence-electron chi connectivity index (χ3n) is 3.47. The quantitative estimate of drug-likeness (QED) is 0.435. The van der Waals surface area contributed by atoms with Crippen molar-refractivity contribution in [1.82, 2.24) is 19.5 Å². The molecule has 4 atom stereocenters. The Balaban J connectivity index is 2.07. The van der Waals surface area contributed by atoms with Gasteiger partial charge in [-0.15, -0.1) is 0 Å². The summed E-state index contributed by atoms with van der Waals surface area (Å²) < 4.78 is 6.91. The molecule has 10 nitrogen and oxygen atoms in total. The predicted octanol–water partition coefficient (Wildman–Crippen LogP) is -1.94. The first-order valence-electron chi connectivity index (χ1n) is 6.37. The first-order valence-corrected chi connectivity index (χ1v) is 6.37. The summed E-state index contributed by atoms with van der Waals surface area (Å²) in [5.74, 6) is 0.489. The first-order chi connectivity index (χ1) is 10.1. The number of nitrogens with one attached hydrogen (secondary N) is 1. The van der Waals surface area contributed by atoms with Crippen molar-refractivity contribution in [2.75, 3.05) is 24.7 Å². The van der Waals surface area contributed by atoms with Crippen LogP contribution < -0.4 is 11.1 Å². The number of anilines is 2. The minimum atomic E-state index is -1.21. The van der Waals surface area contributed by atoms with Gasteiger partial charge >= 0.3 is 0 Å². The molecule has 0 aromatic carbocycles. The third-order valence-corrected chi connectivity index (χ3v) is 3.47. The SMILES string of the molecule is CNc1nc(N)nc2c1ncn2[C@@H]1O[C@H](CO)C(O)[C@@H]1O. The maximum atomic E-state index is 10.1. The van der Waals surface area contributed by atoms with Gasteiger partial charge in [0, 0.05) is 7.05 Å². The first kappa shape index (κ1) is 13.9. The Labute approximate surface area is 119 Å². The van der Waals surface area contributed by atoms with Gasteiger partial charge in [0.05, 0.1) is 12.9 Å². The van der Waals surface area contributed by atoms with Crippen LogP contribution in [0.25, 0.3) is 11.2 Å². The highest BCUT2D eigenvalue weighted by atomic mass is 16.6. The van der Waals surface area contributed by atoms with Crippen molar-refractivity contribution < 1.29 is 20.1 Å². The average Bonchev–Trinajstić information content (AvgIpc) is 3.01. The van der Waals surface area contributed by atoms with E-state index < -0.39 is 31.1 Å². The number of fused-ring (bicyclic) bond motifs is 1. The molecule has 1 saturated heterocycles. The molecule has 21 heavy (non-hydrogen) atoms. The minimum absolute atomic E-state index is 0.0420. The molecule has 2 aromatic rings. The largest absolute Gasteiger partial charge is 0.394 e. The van der Waals surface area contributed by atoms with E-state index in [-0.39, 0.29) is 5.95 Å². The fourth-order valence-corrected chi connectivity index (χ4v) is 2.40. The number of aromatic nitrogens is 4. The van der Waals surface area contributed by atoms with Crippen molar-refractivity contribution in [2.24, 2.45) is 0 Å². The Kier molecular flexibility index (Phi) is 3.37. The van der Waals surface area contributed by atoms with E-state index in [4.69, 9.17) is 15.6 Å². The maximum Gasteiger partial charge on any atom is 0.224 e. The van der Waals surface area contributed by atoms with Crippen molar-refractivity contribution in [3.8, 4) is 0 Å². The molecule has 3 rings (SSSR count). The van der Waals surface area contributed by atoms with E-state index in [1.807, 2.05) is 0 Å². The van der Waals surface area contributed by atoms with E-state index in [9.17, 15) is 10.2 Å². The zero-order valence-corrected chi connectivity index (χ0v) is 11.2. The molecule has 10 heteroatoms. The molecule has 114 valence electrons. The lowest BCUT2D eigenvalue weighted by atomic mass is 10.1. The van der Waals surface area contributed by atoms with Crippen LogP contribution in [0.4, 0.5) is 11.8 Å². The number of nitrogen functional groups attached to an aromatic ring is 1. The lowest BCUT2D eigenvalue weighted by Gasteiger charge is -2.16. The second-order valence-corrected chi connectivity index (χ2v) is 4.73. The molecule has 0 saturated carbocycles. The normalized spacial score (nSPS) is 29.1. The van der Waals surface area contributed by atoms with E-state index >= 15 is 0 Å². The van der Waals surface area contributed by atoms with Crippen molar-refractivity contribution in [3.63, 3.8) is 0 Å². The smallest absolute Gasteiger partial charge is 0.224 e. The third kappa shape index (κ3) is 2.08. The lowest BCUT2D eigenvalue weighted by molar-refractivity contribution is -0.0511. The number of rotatable bonds is 3. The molecular formula is C11H16N6O4. The van der Waals surface area contributed by atoms with Crippen LogP contribution in [0.5, 0.6) is 0 Å². The molecule has 1 aliphatic heterocycles. The molecule has 1 unspecified atom stereocenters. The number of hydrogen-bond acceptors (Lipinski definition) is 9. The van der Waals surface area contributed by atoms with E-state index in [0.29, 0.717) is 17.0 Å².